The molecule has 0 saturated carbocycles. The molecule has 0 saturated heterocycles. The molecule has 2 aromatic carbocycles. The number of carbonyl (C=O) groups is 1. The highest BCUT2D eigenvalue weighted by atomic mass is 35.5. The van der Waals surface area contributed by atoms with E-state index in [0.29, 0.717) is 37.2 Å². The number of carboxylic acids is 1. The van der Waals surface area contributed by atoms with E-state index in [1.165, 1.54) is 6.07 Å². The maximum Gasteiger partial charge on any atom is 0.336 e. The molecular weight excluding hydrogens is 357 g/mol. The summed E-state index contributed by atoms with van der Waals surface area (Å²) in [5.74, 6) is -1.03. The van der Waals surface area contributed by atoms with Crippen LogP contribution in [0.25, 0.3) is 22.2 Å². The number of aromatic carboxylic acids is 1. The van der Waals surface area contributed by atoms with Gasteiger partial charge in [-0.25, -0.2) is 9.78 Å². The molecule has 3 aromatic rings. The molecule has 1 heterocycles. The monoisotopic (exact) mass is 365 g/mol. The van der Waals surface area contributed by atoms with Gasteiger partial charge in [-0.2, -0.15) is 0 Å². The first-order valence-corrected chi connectivity index (χ1v) is 7.80. The Morgan fingerprint density at radius 1 is 1.00 bits per heavy atom. The summed E-state index contributed by atoms with van der Waals surface area (Å²) in [6.07, 6.45) is 0. The van der Waals surface area contributed by atoms with E-state index in [4.69, 9.17) is 34.8 Å². The predicted octanol–water partition coefficient (Wildman–Crippen LogP) is 5.87. The summed E-state index contributed by atoms with van der Waals surface area (Å²) in [7, 11) is 0. The lowest BCUT2D eigenvalue weighted by Gasteiger charge is -2.10. The average Bonchev–Trinajstić information content (AvgIpc) is 2.52. The lowest BCUT2D eigenvalue weighted by molar-refractivity contribution is 0.0699. The largest absolute Gasteiger partial charge is 0.478 e. The van der Waals surface area contributed by atoms with Crippen molar-refractivity contribution in [3.05, 3.63) is 62.6 Å². The molecule has 116 valence electrons. The van der Waals surface area contributed by atoms with Crippen LogP contribution in [0.5, 0.6) is 0 Å². The second kappa shape index (κ2) is 6.00. The van der Waals surface area contributed by atoms with Crippen molar-refractivity contribution in [1.29, 1.82) is 0 Å². The first-order chi connectivity index (χ1) is 10.9. The standard InChI is InChI=1S/C17H10Cl3NO2/c1-8-12(18)5-3-10-11(17(22)23)7-15(21-16(8)10)9-2-4-13(19)14(20)6-9/h2-7H,1H3,(H,22,23). The van der Waals surface area contributed by atoms with Gasteiger partial charge in [0, 0.05) is 16.0 Å². The molecule has 23 heavy (non-hydrogen) atoms. The molecule has 0 amide bonds. The highest BCUT2D eigenvalue weighted by Crippen LogP contribution is 2.32. The van der Waals surface area contributed by atoms with Crippen molar-refractivity contribution in [3.8, 4) is 11.3 Å². The van der Waals surface area contributed by atoms with Crippen molar-refractivity contribution in [3.63, 3.8) is 0 Å². The van der Waals surface area contributed by atoms with Gasteiger partial charge in [0.2, 0.25) is 0 Å². The summed E-state index contributed by atoms with van der Waals surface area (Å²) in [6.45, 7) is 1.81. The van der Waals surface area contributed by atoms with Gasteiger partial charge in [0.1, 0.15) is 0 Å². The van der Waals surface area contributed by atoms with Gasteiger partial charge in [0.25, 0.3) is 0 Å². The summed E-state index contributed by atoms with van der Waals surface area (Å²) in [4.78, 5) is 16.2. The van der Waals surface area contributed by atoms with E-state index in [0.717, 1.165) is 5.56 Å². The van der Waals surface area contributed by atoms with Crippen LogP contribution in [0, 0.1) is 6.92 Å². The summed E-state index contributed by atoms with van der Waals surface area (Å²) in [6, 6.07) is 9.91. The van der Waals surface area contributed by atoms with Gasteiger partial charge in [-0.3, -0.25) is 0 Å². The molecule has 0 unspecified atom stereocenters. The van der Waals surface area contributed by atoms with Gasteiger partial charge in [-0.1, -0.05) is 46.9 Å². The molecule has 0 atom stereocenters. The number of aromatic nitrogens is 1. The van der Waals surface area contributed by atoms with E-state index in [1.807, 2.05) is 6.92 Å². The second-order valence-corrected chi connectivity index (χ2v) is 6.28. The Balaban J connectivity index is 2.35. The molecule has 1 N–H and O–H groups in total. The van der Waals surface area contributed by atoms with Crippen LogP contribution >= 0.6 is 34.8 Å². The summed E-state index contributed by atoms with van der Waals surface area (Å²) >= 11 is 18.1. The van der Waals surface area contributed by atoms with Crippen molar-refractivity contribution in [2.24, 2.45) is 0 Å². The molecule has 0 radical (unpaired) electrons. The van der Waals surface area contributed by atoms with E-state index in [1.54, 1.807) is 30.3 Å². The normalized spacial score (nSPS) is 11.0. The summed E-state index contributed by atoms with van der Waals surface area (Å²) < 4.78 is 0. The Kier molecular flexibility index (Phi) is 4.19. The zero-order valence-corrected chi connectivity index (χ0v) is 14.2. The topological polar surface area (TPSA) is 50.2 Å². The zero-order valence-electron chi connectivity index (χ0n) is 11.9. The minimum atomic E-state index is -1.03. The first-order valence-electron chi connectivity index (χ1n) is 6.67. The van der Waals surface area contributed by atoms with Crippen LogP contribution in [0.1, 0.15) is 15.9 Å². The number of hydrogen-bond acceptors (Lipinski definition) is 2. The Bertz CT molecular complexity index is 954. The van der Waals surface area contributed by atoms with Crippen LogP contribution in [0.2, 0.25) is 15.1 Å². The zero-order chi connectivity index (χ0) is 16.7. The smallest absolute Gasteiger partial charge is 0.336 e. The Morgan fingerprint density at radius 2 is 1.70 bits per heavy atom. The maximum atomic E-state index is 11.6. The first kappa shape index (κ1) is 16.1. The van der Waals surface area contributed by atoms with Crippen LogP contribution in [-0.4, -0.2) is 16.1 Å². The van der Waals surface area contributed by atoms with Crippen molar-refractivity contribution in [2.75, 3.05) is 0 Å². The molecule has 0 aliphatic rings. The lowest BCUT2D eigenvalue weighted by atomic mass is 10.0. The number of rotatable bonds is 2. The molecule has 0 fully saturated rings. The van der Waals surface area contributed by atoms with Crippen molar-refractivity contribution < 1.29 is 9.90 Å². The van der Waals surface area contributed by atoms with E-state index in [2.05, 4.69) is 4.98 Å². The second-order valence-electron chi connectivity index (χ2n) is 5.06. The average molecular weight is 367 g/mol. The van der Waals surface area contributed by atoms with Crippen LogP contribution < -0.4 is 0 Å². The number of aryl methyl sites for hydroxylation is 1. The van der Waals surface area contributed by atoms with Crippen LogP contribution in [0.4, 0.5) is 0 Å². The summed E-state index contributed by atoms with van der Waals surface area (Å²) in [5.41, 5.74) is 2.63. The molecule has 3 nitrogen and oxygen atoms in total. The van der Waals surface area contributed by atoms with Gasteiger partial charge < -0.3 is 5.11 Å². The third kappa shape index (κ3) is 2.88. The minimum absolute atomic E-state index is 0.163. The van der Waals surface area contributed by atoms with E-state index < -0.39 is 5.97 Å². The molecule has 0 bridgehead atoms. The third-order valence-corrected chi connectivity index (χ3v) is 4.76. The fourth-order valence-electron chi connectivity index (χ4n) is 2.38. The molecule has 6 heteroatoms. The number of fused-ring (bicyclic) bond motifs is 1. The highest BCUT2D eigenvalue weighted by Gasteiger charge is 2.16. The summed E-state index contributed by atoms with van der Waals surface area (Å²) in [5, 5.41) is 11.4. The van der Waals surface area contributed by atoms with Crippen LogP contribution in [0.15, 0.2) is 36.4 Å². The quantitative estimate of drug-likeness (QED) is 0.617. The van der Waals surface area contributed by atoms with Gasteiger partial charge in [-0.15, -0.1) is 0 Å². The van der Waals surface area contributed by atoms with E-state index >= 15 is 0 Å². The van der Waals surface area contributed by atoms with Crippen LogP contribution in [-0.2, 0) is 0 Å². The fraction of sp³-hybridized carbons (Fsp3) is 0.0588. The molecular formula is C17H10Cl3NO2. The van der Waals surface area contributed by atoms with Gasteiger partial charge in [0.05, 0.1) is 26.8 Å². The predicted molar refractivity (Wildman–Crippen MR) is 93.9 cm³/mol. The third-order valence-electron chi connectivity index (χ3n) is 3.61. The van der Waals surface area contributed by atoms with Crippen molar-refractivity contribution in [2.45, 2.75) is 6.92 Å². The number of pyridine rings is 1. The molecule has 0 spiro atoms. The van der Waals surface area contributed by atoms with E-state index in [-0.39, 0.29) is 5.56 Å². The molecule has 3 rings (SSSR count). The Morgan fingerprint density at radius 3 is 2.35 bits per heavy atom. The van der Waals surface area contributed by atoms with Crippen molar-refractivity contribution in [1.82, 2.24) is 4.98 Å². The van der Waals surface area contributed by atoms with Crippen molar-refractivity contribution >= 4 is 51.7 Å². The van der Waals surface area contributed by atoms with E-state index in [9.17, 15) is 9.90 Å². The molecule has 0 aliphatic heterocycles. The Hall–Kier alpha value is -1.81. The van der Waals surface area contributed by atoms with Gasteiger partial charge >= 0.3 is 5.97 Å². The highest BCUT2D eigenvalue weighted by molar-refractivity contribution is 6.42. The number of hydrogen-bond donors (Lipinski definition) is 1. The lowest BCUT2D eigenvalue weighted by Crippen LogP contribution is -2.01. The number of nitrogens with zero attached hydrogens (tertiary/aromatic N) is 1. The van der Waals surface area contributed by atoms with Gasteiger partial charge in [-0.05, 0) is 36.8 Å². The van der Waals surface area contributed by atoms with Crippen LogP contribution in [0.3, 0.4) is 0 Å². The molecule has 0 aliphatic carbocycles. The van der Waals surface area contributed by atoms with Gasteiger partial charge in [0.15, 0.2) is 0 Å². The number of carboxylic acid groups (broad SMARTS) is 1. The number of benzene rings is 2. The molecule has 1 aromatic heterocycles. The Labute approximate surface area is 147 Å². The number of halogens is 3. The minimum Gasteiger partial charge on any atom is -0.478 e. The fourth-order valence-corrected chi connectivity index (χ4v) is 2.84. The SMILES string of the molecule is Cc1c(Cl)ccc2c(C(=O)O)cc(-c3ccc(Cl)c(Cl)c3)nc12. The maximum absolute atomic E-state index is 11.6.